The zero-order valence-corrected chi connectivity index (χ0v) is 32.0. The molecule has 0 heterocycles. The Morgan fingerprint density at radius 3 is 1.59 bits per heavy atom. The molecule has 4 N–H and O–H groups in total. The van der Waals surface area contributed by atoms with Crippen molar-refractivity contribution in [2.45, 2.75) is 29.3 Å². The van der Waals surface area contributed by atoms with Gasteiger partial charge in [-0.25, -0.2) is 13.6 Å². The van der Waals surface area contributed by atoms with Crippen molar-refractivity contribution in [1.29, 1.82) is 0 Å². The number of benzene rings is 5. The second-order valence-electron chi connectivity index (χ2n) is 13.1. The Labute approximate surface area is 337 Å². The van der Waals surface area contributed by atoms with Crippen LogP contribution in [0, 0.1) is 0 Å². The smallest absolute Gasteiger partial charge is 0.409 e. The molecule has 0 unspecified atom stereocenters. The number of carbonyl (C=O) groups excluding carboxylic acids is 5. The van der Waals surface area contributed by atoms with Gasteiger partial charge in [0.1, 0.15) is 19.2 Å². The maximum Gasteiger partial charge on any atom is 0.409 e. The molecule has 0 aromatic heterocycles. The summed E-state index contributed by atoms with van der Waals surface area (Å²) in [6.45, 7) is -0.813. The maximum absolute atomic E-state index is 15.6. The van der Waals surface area contributed by atoms with Gasteiger partial charge in [-0.3, -0.25) is 24.5 Å². The van der Waals surface area contributed by atoms with Crippen LogP contribution in [0.1, 0.15) is 33.7 Å². The molecule has 0 spiro atoms. The Hall–Kier alpha value is -6.54. The first kappa shape index (κ1) is 41.1. The minimum atomic E-state index is -2.69. The Bertz CT molecular complexity index is 2090. The van der Waals surface area contributed by atoms with Gasteiger partial charge >= 0.3 is 12.1 Å². The third-order valence-corrected chi connectivity index (χ3v) is 11.2. The fraction of sp³-hybridized carbons (Fsp3) is 0.205. The van der Waals surface area contributed by atoms with Gasteiger partial charge in [-0.05, 0) is 38.9 Å². The van der Waals surface area contributed by atoms with Gasteiger partial charge in [0.05, 0.1) is 11.9 Å². The molecule has 4 amide bonds. The molecular formula is C44H40F2N4O7S. The number of ether oxygens (including phenoxy) is 2. The minimum absolute atomic E-state index is 0.146. The van der Waals surface area contributed by atoms with Crippen LogP contribution in [0.25, 0.3) is 11.1 Å². The van der Waals surface area contributed by atoms with Crippen molar-refractivity contribution in [3.63, 3.8) is 0 Å². The van der Waals surface area contributed by atoms with Crippen LogP contribution in [0.4, 0.5) is 13.6 Å². The zero-order valence-electron chi connectivity index (χ0n) is 31.2. The van der Waals surface area contributed by atoms with Crippen LogP contribution < -0.4 is 21.3 Å². The summed E-state index contributed by atoms with van der Waals surface area (Å²) >= 11 is 1.20. The van der Waals surface area contributed by atoms with Gasteiger partial charge in [-0.1, -0.05) is 140 Å². The van der Waals surface area contributed by atoms with Crippen LogP contribution in [-0.2, 0) is 33.4 Å². The second kappa shape index (κ2) is 19.1. The second-order valence-corrected chi connectivity index (χ2v) is 14.4. The number of hydrogen-bond acceptors (Lipinski definition) is 8. The number of rotatable bonds is 16. The molecule has 0 fully saturated rings. The number of thioether (sulfide) groups is 1. The predicted molar refractivity (Wildman–Crippen MR) is 215 cm³/mol. The molecule has 6 rings (SSSR count). The summed E-state index contributed by atoms with van der Waals surface area (Å²) < 4.78 is 39.5. The summed E-state index contributed by atoms with van der Waals surface area (Å²) in [6.07, 6.45) is -6.58. The molecule has 0 aliphatic heterocycles. The van der Waals surface area contributed by atoms with Crippen molar-refractivity contribution >= 4 is 41.5 Å². The fourth-order valence-corrected chi connectivity index (χ4v) is 8.39. The van der Waals surface area contributed by atoms with E-state index in [0.717, 1.165) is 46.1 Å². The van der Waals surface area contributed by atoms with Crippen molar-refractivity contribution in [2.24, 2.45) is 0 Å². The lowest BCUT2D eigenvalue weighted by Crippen LogP contribution is -2.56. The number of hydrogen-bond donors (Lipinski definition) is 4. The van der Waals surface area contributed by atoms with Gasteiger partial charge in [-0.15, -0.1) is 11.8 Å². The lowest BCUT2D eigenvalue weighted by atomic mass is 9.84. The van der Waals surface area contributed by atoms with Gasteiger partial charge in [0.2, 0.25) is 5.91 Å². The van der Waals surface area contributed by atoms with E-state index in [1.165, 1.54) is 11.8 Å². The molecule has 298 valence electrons. The molecular weight excluding hydrogens is 767 g/mol. The van der Waals surface area contributed by atoms with Crippen molar-refractivity contribution in [2.75, 3.05) is 26.0 Å². The summed E-state index contributed by atoms with van der Waals surface area (Å²) in [6, 6.07) is 41.7. The summed E-state index contributed by atoms with van der Waals surface area (Å²) in [5.41, 5.74) is 6.24. The van der Waals surface area contributed by atoms with Crippen molar-refractivity contribution < 1.29 is 42.2 Å². The first-order valence-corrected chi connectivity index (χ1v) is 19.3. The molecule has 3 atom stereocenters. The Morgan fingerprint density at radius 1 is 0.621 bits per heavy atom. The van der Waals surface area contributed by atoms with Crippen LogP contribution in [0.2, 0.25) is 0 Å². The molecule has 0 saturated carbocycles. The highest BCUT2D eigenvalue weighted by Crippen LogP contribution is 2.49. The normalized spacial score (nSPS) is 13.4. The van der Waals surface area contributed by atoms with E-state index in [9.17, 15) is 24.0 Å². The van der Waals surface area contributed by atoms with E-state index in [-0.39, 0.29) is 18.3 Å². The topological polar surface area (TPSA) is 152 Å². The minimum Gasteiger partial charge on any atom is -0.468 e. The molecule has 0 bridgehead atoms. The highest BCUT2D eigenvalue weighted by atomic mass is 32.2. The van der Waals surface area contributed by atoms with Crippen LogP contribution in [0.15, 0.2) is 140 Å². The predicted octanol–water partition coefficient (Wildman–Crippen LogP) is 5.73. The van der Waals surface area contributed by atoms with E-state index in [1.807, 2.05) is 155 Å². The number of fused-ring (bicyclic) bond motifs is 3. The van der Waals surface area contributed by atoms with Crippen molar-refractivity contribution in [3.8, 4) is 11.1 Å². The van der Waals surface area contributed by atoms with Crippen LogP contribution >= 0.6 is 11.8 Å². The summed E-state index contributed by atoms with van der Waals surface area (Å²) in [5, 5.41) is 8.07. The van der Waals surface area contributed by atoms with Crippen LogP contribution in [0.3, 0.4) is 0 Å². The van der Waals surface area contributed by atoms with Crippen molar-refractivity contribution in [3.05, 3.63) is 167 Å². The van der Waals surface area contributed by atoms with Crippen molar-refractivity contribution in [1.82, 2.24) is 21.3 Å². The number of methoxy groups -OCH3 is 1. The zero-order chi connectivity index (χ0) is 41.1. The third kappa shape index (κ3) is 9.35. The molecule has 1 aliphatic rings. The van der Waals surface area contributed by atoms with E-state index in [4.69, 9.17) is 4.74 Å². The van der Waals surface area contributed by atoms with E-state index in [1.54, 1.807) is 0 Å². The number of alkyl carbamates (subject to hydrolysis) is 1. The largest absolute Gasteiger partial charge is 0.468 e. The van der Waals surface area contributed by atoms with Gasteiger partial charge in [0, 0.05) is 11.7 Å². The SMILES string of the molecule is COC(=O)CNC(=O)[C@@H](F)NC(=O)[C@@H](CSC(c1ccccc1)(c1ccccc1)c1ccccc1)NC(=O)[C@@H](F)NC(=O)OCC1c2ccccc2-c2ccccc21. The Balaban J connectivity index is 1.21. The maximum atomic E-state index is 15.6. The monoisotopic (exact) mass is 806 g/mol. The molecule has 0 radical (unpaired) electrons. The Morgan fingerprint density at radius 2 is 1.09 bits per heavy atom. The lowest BCUT2D eigenvalue weighted by molar-refractivity contribution is -0.142. The molecule has 14 heteroatoms. The summed E-state index contributed by atoms with van der Waals surface area (Å²) in [5.74, 6) is -5.44. The highest BCUT2D eigenvalue weighted by molar-refractivity contribution is 8.00. The van der Waals surface area contributed by atoms with Crippen LogP contribution in [0.5, 0.6) is 0 Å². The highest BCUT2D eigenvalue weighted by Gasteiger charge is 2.40. The first-order chi connectivity index (χ1) is 28.1. The summed E-state index contributed by atoms with van der Waals surface area (Å²) in [4.78, 5) is 63.9. The van der Waals surface area contributed by atoms with Gasteiger partial charge < -0.3 is 25.4 Å². The summed E-state index contributed by atoms with van der Waals surface area (Å²) in [7, 11) is 1.08. The third-order valence-electron chi connectivity index (χ3n) is 9.59. The van der Waals surface area contributed by atoms with E-state index >= 15 is 8.78 Å². The van der Waals surface area contributed by atoms with E-state index < -0.39 is 59.7 Å². The lowest BCUT2D eigenvalue weighted by Gasteiger charge is -2.36. The quantitative estimate of drug-likeness (QED) is 0.0561. The van der Waals surface area contributed by atoms with Gasteiger partial charge in [0.15, 0.2) is 0 Å². The van der Waals surface area contributed by atoms with E-state index in [0.29, 0.717) is 0 Å². The average molecular weight is 807 g/mol. The number of carbonyl (C=O) groups is 5. The standard InChI is InChI=1S/C44H40F2N4O7S/c1-56-37(51)25-47-41(53)38(45)49-40(52)36(27-58-44(28-15-5-2-6-16-28,29-17-7-3-8-18-29)30-19-9-4-10-20-30)48-42(54)39(46)50-43(55)57-26-35-33-23-13-11-21-31(33)32-22-12-14-24-34(32)35/h2-24,35-36,38-39H,25-27H2,1H3,(H,47,53)(H,48,54)(H,49,52)(H,50,55)/t36-,38+,39+/m1/s1. The van der Waals surface area contributed by atoms with Crippen LogP contribution in [-0.4, -0.2) is 74.4 Å². The molecule has 0 saturated heterocycles. The average Bonchev–Trinajstić information content (AvgIpc) is 3.58. The van der Waals surface area contributed by atoms with E-state index in [2.05, 4.69) is 10.1 Å². The molecule has 58 heavy (non-hydrogen) atoms. The number of halogens is 2. The Kier molecular flexibility index (Phi) is 13.5. The van der Waals surface area contributed by atoms with Gasteiger partial charge in [-0.2, -0.15) is 0 Å². The van der Waals surface area contributed by atoms with Gasteiger partial charge in [0.25, 0.3) is 24.4 Å². The number of alkyl halides is 2. The molecule has 5 aromatic carbocycles. The molecule has 1 aliphatic carbocycles. The fourth-order valence-electron chi connectivity index (χ4n) is 6.83. The molecule has 11 nitrogen and oxygen atoms in total. The molecule has 5 aromatic rings. The first-order valence-electron chi connectivity index (χ1n) is 18.3. The number of amides is 4. The number of nitrogens with one attached hydrogen (secondary N) is 4. The number of esters is 1.